The highest BCUT2D eigenvalue weighted by Gasteiger charge is 2.22. The molecule has 2 nitrogen and oxygen atoms in total. The van der Waals surface area contributed by atoms with Crippen LogP contribution < -0.4 is 5.43 Å². The number of rotatable bonds is 1. The summed E-state index contributed by atoms with van der Waals surface area (Å²) in [5, 5.41) is 5.22. The second-order valence-electron chi connectivity index (χ2n) is 6.25. The summed E-state index contributed by atoms with van der Waals surface area (Å²) in [6, 6.07) is 12.0. The van der Waals surface area contributed by atoms with Crippen LogP contribution in [0.2, 0.25) is 0 Å². The van der Waals surface area contributed by atoms with Gasteiger partial charge in [-0.3, -0.25) is 4.79 Å². The maximum absolute atomic E-state index is 12.6. The van der Waals surface area contributed by atoms with E-state index in [1.807, 2.05) is 18.2 Å². The Kier molecular flexibility index (Phi) is 3.47. The highest BCUT2D eigenvalue weighted by atomic mass is 32.1. The average Bonchev–Trinajstić information content (AvgIpc) is 2.93. The Morgan fingerprint density at radius 3 is 2.59 bits per heavy atom. The number of hydrogen-bond acceptors (Lipinski definition) is 3. The van der Waals surface area contributed by atoms with Crippen molar-refractivity contribution in [2.24, 2.45) is 0 Å². The van der Waals surface area contributed by atoms with Crippen molar-refractivity contribution >= 4 is 32.2 Å². The lowest BCUT2D eigenvalue weighted by Crippen LogP contribution is -2.29. The van der Waals surface area contributed by atoms with Gasteiger partial charge in [-0.05, 0) is 72.7 Å². The average molecular weight is 309 g/mol. The Balaban J connectivity index is 2.07. The fourth-order valence-electron chi connectivity index (χ4n) is 3.63. The van der Waals surface area contributed by atoms with E-state index in [9.17, 15) is 4.79 Å². The highest BCUT2D eigenvalue weighted by molar-refractivity contribution is 7.17. The number of nitrogens with zero attached hydrogens (tertiary/aromatic N) is 1. The first kappa shape index (κ1) is 13.9. The van der Waals surface area contributed by atoms with Gasteiger partial charge in [-0.1, -0.05) is 24.3 Å². The molecule has 0 saturated carbocycles. The fraction of sp³-hybridized carbons (Fsp3) is 0.316. The summed E-state index contributed by atoms with van der Waals surface area (Å²) in [6.45, 7) is 2.27. The van der Waals surface area contributed by atoms with Crippen LogP contribution >= 0.6 is 11.3 Å². The minimum Gasteiger partial charge on any atom is -0.306 e. The molecule has 0 unspecified atom stereocenters. The molecular formula is C19H19NOS. The van der Waals surface area contributed by atoms with Gasteiger partial charge >= 0.3 is 0 Å². The first-order valence-corrected chi connectivity index (χ1v) is 8.74. The molecule has 0 aliphatic carbocycles. The Labute approximate surface area is 134 Å². The minimum atomic E-state index is 0.137. The van der Waals surface area contributed by atoms with Crippen molar-refractivity contribution in [3.63, 3.8) is 0 Å². The van der Waals surface area contributed by atoms with Crippen LogP contribution in [0.15, 0.2) is 46.6 Å². The van der Waals surface area contributed by atoms with E-state index in [0.717, 1.165) is 29.2 Å². The molecule has 0 radical (unpaired) electrons. The predicted octanol–water partition coefficient (Wildman–Crippen LogP) is 4.22. The smallest absolute Gasteiger partial charge is 0.187 e. The molecule has 1 fully saturated rings. The van der Waals surface area contributed by atoms with Crippen LogP contribution in [0.3, 0.4) is 0 Å². The van der Waals surface area contributed by atoms with E-state index in [0.29, 0.717) is 5.92 Å². The molecule has 1 aliphatic rings. The molecule has 0 atom stereocenters. The monoisotopic (exact) mass is 309 g/mol. The first-order chi connectivity index (χ1) is 10.7. The normalized spacial score (nSPS) is 17.3. The number of hydrogen-bond donors (Lipinski definition) is 0. The largest absolute Gasteiger partial charge is 0.306 e. The van der Waals surface area contributed by atoms with Gasteiger partial charge in [0.2, 0.25) is 0 Å². The van der Waals surface area contributed by atoms with E-state index in [1.54, 1.807) is 11.3 Å². The lowest BCUT2D eigenvalue weighted by molar-refractivity contribution is 0.256. The molecule has 3 heteroatoms. The topological polar surface area (TPSA) is 20.3 Å². The Morgan fingerprint density at radius 1 is 1.09 bits per heavy atom. The summed E-state index contributed by atoms with van der Waals surface area (Å²) in [5.74, 6) is 0.550. The fourth-order valence-corrected chi connectivity index (χ4v) is 4.65. The minimum absolute atomic E-state index is 0.137. The van der Waals surface area contributed by atoms with Crippen molar-refractivity contribution in [1.82, 2.24) is 4.90 Å². The molecule has 2 aromatic carbocycles. The van der Waals surface area contributed by atoms with Gasteiger partial charge in [-0.25, -0.2) is 0 Å². The van der Waals surface area contributed by atoms with Crippen molar-refractivity contribution in [1.29, 1.82) is 0 Å². The van der Waals surface area contributed by atoms with E-state index in [-0.39, 0.29) is 5.43 Å². The molecular weight excluding hydrogens is 290 g/mol. The molecule has 1 aliphatic heterocycles. The van der Waals surface area contributed by atoms with Crippen LogP contribution in [0.4, 0.5) is 0 Å². The molecule has 3 aromatic rings. The molecule has 4 rings (SSSR count). The molecule has 2 heterocycles. The van der Waals surface area contributed by atoms with E-state index in [4.69, 9.17) is 0 Å². The molecule has 0 spiro atoms. The molecule has 22 heavy (non-hydrogen) atoms. The summed E-state index contributed by atoms with van der Waals surface area (Å²) >= 11 is 1.77. The van der Waals surface area contributed by atoms with Gasteiger partial charge in [0.15, 0.2) is 5.43 Å². The zero-order valence-corrected chi connectivity index (χ0v) is 13.5. The number of thiophene rings is 1. The Bertz CT molecular complexity index is 891. The van der Waals surface area contributed by atoms with E-state index in [2.05, 4.69) is 35.5 Å². The third kappa shape index (κ3) is 2.25. The number of fused-ring (bicyclic) bond motifs is 2. The standard InChI is InChI=1S/C19H19NOS/c1-20-9-6-13(7-10-20)18-16-5-3-2-4-15(16)17(21)12-14-8-11-22-19(14)18/h2-5,8,11-13H,6-7,9-10H2,1H3. The molecule has 0 amide bonds. The van der Waals surface area contributed by atoms with Gasteiger partial charge in [0.05, 0.1) is 0 Å². The molecule has 1 aromatic heterocycles. The van der Waals surface area contributed by atoms with Crippen molar-refractivity contribution in [2.45, 2.75) is 18.8 Å². The van der Waals surface area contributed by atoms with E-state index < -0.39 is 0 Å². The summed E-state index contributed by atoms with van der Waals surface area (Å²) in [7, 11) is 2.19. The number of likely N-dealkylation sites (tertiary alicyclic amines) is 1. The summed E-state index contributed by atoms with van der Waals surface area (Å²) in [6.07, 6.45) is 2.34. The molecule has 112 valence electrons. The lowest BCUT2D eigenvalue weighted by Gasteiger charge is -2.29. The third-order valence-electron chi connectivity index (χ3n) is 4.84. The Hall–Kier alpha value is -1.71. The van der Waals surface area contributed by atoms with Crippen LogP contribution in [0.25, 0.3) is 20.9 Å². The van der Waals surface area contributed by atoms with Gasteiger partial charge in [0, 0.05) is 10.1 Å². The second-order valence-corrected chi connectivity index (χ2v) is 7.17. The predicted molar refractivity (Wildman–Crippen MR) is 95.1 cm³/mol. The van der Waals surface area contributed by atoms with Gasteiger partial charge in [-0.2, -0.15) is 0 Å². The SMILES string of the molecule is CN1CCC(c2c3ccccc3c(=O)cc3ccsc23)CC1. The van der Waals surface area contributed by atoms with Gasteiger partial charge < -0.3 is 4.90 Å². The highest BCUT2D eigenvalue weighted by Crippen LogP contribution is 2.38. The van der Waals surface area contributed by atoms with Gasteiger partial charge in [0.1, 0.15) is 0 Å². The number of piperidine rings is 1. The zero-order valence-electron chi connectivity index (χ0n) is 12.7. The van der Waals surface area contributed by atoms with Gasteiger partial charge in [0.25, 0.3) is 0 Å². The number of benzene rings is 1. The van der Waals surface area contributed by atoms with Crippen molar-refractivity contribution in [3.8, 4) is 0 Å². The van der Waals surface area contributed by atoms with Crippen LogP contribution in [0.5, 0.6) is 0 Å². The van der Waals surface area contributed by atoms with E-state index in [1.165, 1.54) is 23.1 Å². The zero-order chi connectivity index (χ0) is 15.1. The van der Waals surface area contributed by atoms with Crippen molar-refractivity contribution < 1.29 is 0 Å². The van der Waals surface area contributed by atoms with Crippen LogP contribution in [-0.2, 0) is 0 Å². The quantitative estimate of drug-likeness (QED) is 0.670. The van der Waals surface area contributed by atoms with Crippen molar-refractivity contribution in [3.05, 3.63) is 57.6 Å². The first-order valence-electron chi connectivity index (χ1n) is 7.86. The lowest BCUT2D eigenvalue weighted by atomic mass is 9.87. The molecule has 0 bridgehead atoms. The van der Waals surface area contributed by atoms with Crippen LogP contribution in [-0.4, -0.2) is 25.0 Å². The third-order valence-corrected chi connectivity index (χ3v) is 5.80. The maximum Gasteiger partial charge on any atom is 0.187 e. The molecule has 1 saturated heterocycles. The van der Waals surface area contributed by atoms with Crippen LogP contribution in [0.1, 0.15) is 24.3 Å². The second kappa shape index (κ2) is 5.49. The summed E-state index contributed by atoms with van der Waals surface area (Å²) in [4.78, 5) is 15.0. The van der Waals surface area contributed by atoms with Gasteiger partial charge in [-0.15, -0.1) is 11.3 Å². The van der Waals surface area contributed by atoms with E-state index >= 15 is 0 Å². The summed E-state index contributed by atoms with van der Waals surface area (Å²) in [5.41, 5.74) is 1.54. The van der Waals surface area contributed by atoms with Crippen LogP contribution in [0, 0.1) is 0 Å². The summed E-state index contributed by atoms with van der Waals surface area (Å²) < 4.78 is 1.30. The van der Waals surface area contributed by atoms with Crippen molar-refractivity contribution in [2.75, 3.05) is 20.1 Å². The molecule has 0 N–H and O–H groups in total. The Morgan fingerprint density at radius 2 is 1.82 bits per heavy atom. The maximum atomic E-state index is 12.6.